The topological polar surface area (TPSA) is 65.5 Å². The number of rotatable bonds is 2. The monoisotopic (exact) mass is 402 g/mol. The van der Waals surface area contributed by atoms with Crippen LogP contribution in [0.1, 0.15) is 36.4 Å². The van der Waals surface area contributed by atoms with Crippen LogP contribution in [0.25, 0.3) is 0 Å². The van der Waals surface area contributed by atoms with E-state index in [1.807, 2.05) is 4.90 Å². The standard InChI is InChI=1S/C17H21F3N4O2S/c18-17(19,20)12-8-27-14(21-12)7-11-2-5-23(6-3-11)15(26)24-9-16(10-24)4-1-13(25)22-16/h8,11H,1-7,9-10H2,(H,22,25). The van der Waals surface area contributed by atoms with Crippen molar-refractivity contribution in [2.75, 3.05) is 26.2 Å². The number of alkyl halides is 3. The normalized spacial score (nSPS) is 22.9. The number of halogens is 3. The summed E-state index contributed by atoms with van der Waals surface area (Å²) >= 11 is 1.05. The molecule has 148 valence electrons. The molecular weight excluding hydrogens is 381 g/mol. The smallest absolute Gasteiger partial charge is 0.347 e. The maximum Gasteiger partial charge on any atom is 0.434 e. The van der Waals surface area contributed by atoms with Gasteiger partial charge in [-0.05, 0) is 25.2 Å². The Bertz CT molecular complexity index is 737. The maximum atomic E-state index is 12.6. The first-order valence-corrected chi connectivity index (χ1v) is 9.99. The molecule has 1 aromatic heterocycles. The molecule has 0 atom stereocenters. The van der Waals surface area contributed by atoms with E-state index < -0.39 is 11.9 Å². The lowest BCUT2D eigenvalue weighted by Gasteiger charge is -2.49. The van der Waals surface area contributed by atoms with Crippen LogP contribution in [0.2, 0.25) is 0 Å². The molecule has 3 amide bonds. The number of nitrogens with one attached hydrogen (secondary N) is 1. The van der Waals surface area contributed by atoms with Gasteiger partial charge < -0.3 is 15.1 Å². The Kier molecular flexibility index (Phi) is 4.56. The summed E-state index contributed by atoms with van der Waals surface area (Å²) < 4.78 is 37.9. The van der Waals surface area contributed by atoms with Gasteiger partial charge in [0, 0.05) is 44.4 Å². The van der Waals surface area contributed by atoms with Crippen LogP contribution in [-0.4, -0.2) is 58.4 Å². The highest BCUT2D eigenvalue weighted by molar-refractivity contribution is 7.09. The third-order valence-corrected chi connectivity index (χ3v) is 6.55. The Balaban J connectivity index is 1.24. The van der Waals surface area contributed by atoms with Gasteiger partial charge in [0.2, 0.25) is 5.91 Å². The number of likely N-dealkylation sites (tertiary alicyclic amines) is 2. The molecule has 3 aliphatic heterocycles. The van der Waals surface area contributed by atoms with Gasteiger partial charge in [-0.3, -0.25) is 4.79 Å². The zero-order valence-corrected chi connectivity index (χ0v) is 15.5. The van der Waals surface area contributed by atoms with Crippen LogP contribution < -0.4 is 5.32 Å². The lowest BCUT2D eigenvalue weighted by Crippen LogP contribution is -2.70. The highest BCUT2D eigenvalue weighted by Gasteiger charge is 2.50. The minimum absolute atomic E-state index is 0.00571. The molecule has 0 aliphatic carbocycles. The second kappa shape index (κ2) is 6.65. The fourth-order valence-corrected chi connectivity index (χ4v) is 5.06. The van der Waals surface area contributed by atoms with Crippen LogP contribution in [0.4, 0.5) is 18.0 Å². The number of carbonyl (C=O) groups is 2. The van der Waals surface area contributed by atoms with Gasteiger partial charge in [0.1, 0.15) is 0 Å². The van der Waals surface area contributed by atoms with Crippen molar-refractivity contribution in [2.24, 2.45) is 5.92 Å². The predicted octanol–water partition coefficient (Wildman–Crippen LogP) is 2.50. The number of amides is 3. The summed E-state index contributed by atoms with van der Waals surface area (Å²) in [5.74, 6) is 0.303. The van der Waals surface area contributed by atoms with Crippen molar-refractivity contribution >= 4 is 23.3 Å². The number of nitrogens with zero attached hydrogens (tertiary/aromatic N) is 3. The molecule has 4 rings (SSSR count). The lowest BCUT2D eigenvalue weighted by atomic mass is 9.88. The Hall–Kier alpha value is -1.84. The third-order valence-electron chi connectivity index (χ3n) is 5.68. The first-order chi connectivity index (χ1) is 12.7. The number of aromatic nitrogens is 1. The van der Waals surface area contributed by atoms with E-state index in [1.54, 1.807) is 4.90 Å². The first-order valence-electron chi connectivity index (χ1n) is 9.11. The molecular formula is C17H21F3N4O2S. The molecule has 1 aromatic rings. The molecule has 0 unspecified atom stereocenters. The second-order valence-electron chi connectivity index (χ2n) is 7.73. The summed E-state index contributed by atoms with van der Waals surface area (Å²) in [6.45, 7) is 2.35. The van der Waals surface area contributed by atoms with Gasteiger partial charge >= 0.3 is 12.2 Å². The van der Waals surface area contributed by atoms with Crippen LogP contribution in [-0.2, 0) is 17.4 Å². The Labute approximate surface area is 158 Å². The van der Waals surface area contributed by atoms with Crippen LogP contribution in [0, 0.1) is 5.92 Å². The SMILES string of the molecule is O=C1CCC2(CN(C(=O)N3CCC(Cc4nc(C(F)(F)F)cs4)CC3)C2)N1. The quantitative estimate of drug-likeness (QED) is 0.827. The number of hydrogen-bond donors (Lipinski definition) is 1. The maximum absolute atomic E-state index is 12.6. The molecule has 4 heterocycles. The summed E-state index contributed by atoms with van der Waals surface area (Å²) in [6.07, 6.45) is -1.02. The fraction of sp³-hybridized carbons (Fsp3) is 0.706. The van der Waals surface area contributed by atoms with Crippen molar-refractivity contribution in [3.8, 4) is 0 Å². The van der Waals surface area contributed by atoms with Gasteiger partial charge in [-0.1, -0.05) is 0 Å². The summed E-state index contributed by atoms with van der Waals surface area (Å²) in [4.78, 5) is 31.2. The van der Waals surface area contributed by atoms with Crippen LogP contribution >= 0.6 is 11.3 Å². The van der Waals surface area contributed by atoms with Crippen molar-refractivity contribution in [1.82, 2.24) is 20.1 Å². The van der Waals surface area contributed by atoms with Gasteiger partial charge in [0.15, 0.2) is 5.69 Å². The van der Waals surface area contributed by atoms with E-state index >= 15 is 0 Å². The number of piperidine rings is 1. The zero-order valence-electron chi connectivity index (χ0n) is 14.7. The highest BCUT2D eigenvalue weighted by atomic mass is 32.1. The molecule has 6 nitrogen and oxygen atoms in total. The van der Waals surface area contributed by atoms with Crippen molar-refractivity contribution < 1.29 is 22.8 Å². The molecule has 10 heteroatoms. The molecule has 27 heavy (non-hydrogen) atoms. The number of hydrogen-bond acceptors (Lipinski definition) is 4. The van der Waals surface area contributed by atoms with E-state index in [2.05, 4.69) is 10.3 Å². The average Bonchev–Trinajstić information content (AvgIpc) is 3.20. The van der Waals surface area contributed by atoms with E-state index in [0.717, 1.165) is 36.0 Å². The van der Waals surface area contributed by atoms with Gasteiger partial charge in [-0.15, -0.1) is 11.3 Å². The molecule has 1 N–H and O–H groups in total. The number of thiazole rings is 1. The van der Waals surface area contributed by atoms with Crippen LogP contribution in [0.15, 0.2) is 5.38 Å². The van der Waals surface area contributed by atoms with Crippen LogP contribution in [0.3, 0.4) is 0 Å². The fourth-order valence-electron chi connectivity index (χ4n) is 4.14. The Morgan fingerprint density at radius 3 is 2.56 bits per heavy atom. The van der Waals surface area contributed by atoms with E-state index in [4.69, 9.17) is 0 Å². The molecule has 0 saturated carbocycles. The second-order valence-corrected chi connectivity index (χ2v) is 8.67. The molecule has 3 saturated heterocycles. The number of urea groups is 1. The summed E-state index contributed by atoms with van der Waals surface area (Å²) in [5, 5.41) is 4.54. The highest BCUT2D eigenvalue weighted by Crippen LogP contribution is 2.33. The summed E-state index contributed by atoms with van der Waals surface area (Å²) in [5.41, 5.74) is -1.03. The van der Waals surface area contributed by atoms with Crippen molar-refractivity contribution in [3.63, 3.8) is 0 Å². The Morgan fingerprint density at radius 2 is 2.00 bits per heavy atom. The van der Waals surface area contributed by atoms with Gasteiger partial charge in [-0.2, -0.15) is 13.2 Å². The molecule has 0 aromatic carbocycles. The largest absolute Gasteiger partial charge is 0.434 e. The molecule has 0 radical (unpaired) electrons. The van der Waals surface area contributed by atoms with Crippen molar-refractivity contribution in [1.29, 1.82) is 0 Å². The molecule has 3 fully saturated rings. The van der Waals surface area contributed by atoms with Gasteiger partial charge in [0.25, 0.3) is 0 Å². The minimum Gasteiger partial charge on any atom is -0.347 e. The molecule has 1 spiro atoms. The minimum atomic E-state index is -4.39. The average molecular weight is 402 g/mol. The first kappa shape index (κ1) is 18.5. The third kappa shape index (κ3) is 3.76. The number of carbonyl (C=O) groups excluding carboxylic acids is 2. The molecule has 0 bridgehead atoms. The zero-order chi connectivity index (χ0) is 19.2. The van der Waals surface area contributed by atoms with Gasteiger partial charge in [0.05, 0.1) is 10.5 Å². The molecule has 3 aliphatic rings. The van der Waals surface area contributed by atoms with Crippen LogP contribution in [0.5, 0.6) is 0 Å². The predicted molar refractivity (Wildman–Crippen MR) is 92.2 cm³/mol. The van der Waals surface area contributed by atoms with E-state index in [1.165, 1.54) is 0 Å². The van der Waals surface area contributed by atoms with Gasteiger partial charge in [-0.25, -0.2) is 9.78 Å². The Morgan fingerprint density at radius 1 is 1.30 bits per heavy atom. The van der Waals surface area contributed by atoms with E-state index in [-0.39, 0.29) is 23.4 Å². The van der Waals surface area contributed by atoms with E-state index in [9.17, 15) is 22.8 Å². The summed E-state index contributed by atoms with van der Waals surface area (Å²) in [6, 6.07) is -0.00571. The van der Waals surface area contributed by atoms with Crippen molar-refractivity contribution in [3.05, 3.63) is 16.1 Å². The summed E-state index contributed by atoms with van der Waals surface area (Å²) in [7, 11) is 0. The lowest BCUT2D eigenvalue weighted by molar-refractivity contribution is -0.140. The van der Waals surface area contributed by atoms with E-state index in [0.29, 0.717) is 44.0 Å². The van der Waals surface area contributed by atoms with Crippen molar-refractivity contribution in [2.45, 2.75) is 43.8 Å².